The summed E-state index contributed by atoms with van der Waals surface area (Å²) in [5.74, 6) is 0.150. The Labute approximate surface area is 152 Å². The van der Waals surface area contributed by atoms with E-state index >= 15 is 0 Å². The minimum Gasteiger partial charge on any atom is -0.333 e. The van der Waals surface area contributed by atoms with Gasteiger partial charge in [-0.2, -0.15) is 0 Å². The lowest BCUT2D eigenvalue weighted by Crippen LogP contribution is -2.48. The van der Waals surface area contributed by atoms with Gasteiger partial charge in [-0.15, -0.1) is 0 Å². The summed E-state index contributed by atoms with van der Waals surface area (Å²) in [5, 5.41) is 0.739. The molecule has 3 fully saturated rings. The fourth-order valence-corrected chi connectivity index (χ4v) is 4.17. The third kappa shape index (κ3) is 3.20. The Hall–Kier alpha value is -1.46. The molecule has 3 saturated heterocycles. The Morgan fingerprint density at radius 1 is 1.08 bits per heavy atom. The molecule has 2 bridgehead atoms. The zero-order chi connectivity index (χ0) is 17.4. The van der Waals surface area contributed by atoms with Crippen LogP contribution in [0.25, 0.3) is 0 Å². The number of amides is 3. The van der Waals surface area contributed by atoms with E-state index in [0.29, 0.717) is 35.2 Å². The van der Waals surface area contributed by atoms with Crippen molar-refractivity contribution in [2.45, 2.75) is 18.9 Å². The molecule has 0 aliphatic carbocycles. The molecule has 3 aliphatic rings. The summed E-state index contributed by atoms with van der Waals surface area (Å²) >= 11 is 12.4. The highest BCUT2D eigenvalue weighted by atomic mass is 35.5. The Kier molecular flexibility index (Phi) is 4.92. The van der Waals surface area contributed by atoms with Crippen LogP contribution in [-0.2, 0) is 0 Å². The van der Waals surface area contributed by atoms with Crippen LogP contribution in [0, 0.1) is 5.92 Å². The molecule has 2 atom stereocenters. The van der Waals surface area contributed by atoms with Crippen LogP contribution >= 0.6 is 23.2 Å². The first kappa shape index (κ1) is 17.4. The van der Waals surface area contributed by atoms with Crippen molar-refractivity contribution in [1.29, 1.82) is 0 Å². The molecular weight excluding hydrogens is 349 g/mol. The maximum atomic E-state index is 13.0. The third-order valence-corrected chi connectivity index (χ3v) is 5.43. The number of halogens is 2. The zero-order valence-corrected chi connectivity index (χ0v) is 15.3. The Morgan fingerprint density at radius 2 is 1.75 bits per heavy atom. The minimum atomic E-state index is -0.139. The second kappa shape index (κ2) is 6.81. The topological polar surface area (TPSA) is 43.9 Å². The first-order chi connectivity index (χ1) is 11.4. The average molecular weight is 370 g/mol. The lowest BCUT2D eigenvalue weighted by molar-refractivity contribution is 0.0586. The summed E-state index contributed by atoms with van der Waals surface area (Å²) in [6, 6.07) is 5.09. The van der Waals surface area contributed by atoms with E-state index in [0.717, 1.165) is 12.8 Å². The zero-order valence-electron chi connectivity index (χ0n) is 13.8. The number of rotatable bonds is 1. The van der Waals surface area contributed by atoms with Crippen LogP contribution in [0.5, 0.6) is 0 Å². The molecule has 3 amide bonds. The molecule has 130 valence electrons. The number of hydrogen-bond donors (Lipinski definition) is 0. The number of carbonyl (C=O) groups is 2. The van der Waals surface area contributed by atoms with Gasteiger partial charge in [-0.25, -0.2) is 4.79 Å². The minimum absolute atomic E-state index is 0.00280. The van der Waals surface area contributed by atoms with Crippen LogP contribution in [0.15, 0.2) is 18.2 Å². The Bertz CT molecular complexity index is 645. The maximum absolute atomic E-state index is 13.0. The number of fused-ring (bicyclic) bond motifs is 4. The molecule has 1 aromatic carbocycles. The summed E-state index contributed by atoms with van der Waals surface area (Å²) < 4.78 is 0. The Morgan fingerprint density at radius 3 is 2.38 bits per heavy atom. The van der Waals surface area contributed by atoms with Crippen LogP contribution in [0.2, 0.25) is 10.0 Å². The molecule has 4 rings (SSSR count). The first-order valence-corrected chi connectivity index (χ1v) is 8.85. The second-order valence-corrected chi connectivity index (χ2v) is 7.55. The molecule has 3 aliphatic heterocycles. The molecular formula is C17H21Cl2N3O2. The number of carbonyl (C=O) groups excluding carboxylic acids is 2. The summed E-state index contributed by atoms with van der Waals surface area (Å²) in [7, 11) is 3.50. The molecule has 0 saturated carbocycles. The van der Waals surface area contributed by atoms with Gasteiger partial charge in [-0.1, -0.05) is 29.3 Å². The van der Waals surface area contributed by atoms with Crippen molar-refractivity contribution in [3.63, 3.8) is 0 Å². The van der Waals surface area contributed by atoms with Crippen molar-refractivity contribution < 1.29 is 9.59 Å². The summed E-state index contributed by atoms with van der Waals surface area (Å²) in [6.45, 7) is 1.89. The van der Waals surface area contributed by atoms with Crippen LogP contribution in [0.1, 0.15) is 23.2 Å². The van der Waals surface area contributed by atoms with E-state index in [1.165, 1.54) is 0 Å². The van der Waals surface area contributed by atoms with Gasteiger partial charge in [-0.3, -0.25) is 4.79 Å². The fourth-order valence-electron chi connectivity index (χ4n) is 3.62. The molecule has 0 radical (unpaired) electrons. The van der Waals surface area contributed by atoms with E-state index in [4.69, 9.17) is 23.2 Å². The Balaban J connectivity index is 1.86. The lowest BCUT2D eigenvalue weighted by atomic mass is 9.94. The van der Waals surface area contributed by atoms with Crippen LogP contribution in [0.3, 0.4) is 0 Å². The highest BCUT2D eigenvalue weighted by Crippen LogP contribution is 2.32. The predicted octanol–water partition coefficient (Wildman–Crippen LogP) is 3.21. The summed E-state index contributed by atoms with van der Waals surface area (Å²) in [5.41, 5.74) is 0.360. The maximum Gasteiger partial charge on any atom is 0.319 e. The standard InChI is InChI=1S/C17H21Cl2N3O2/c1-20(2)17(24)21-8-11-6-7-12(10-21)22(9-11)16(23)15-13(18)4-3-5-14(15)19/h3-5,11-12H,6-10H2,1-2H3/t11-,12+/m1/s1. The van der Waals surface area contributed by atoms with E-state index in [-0.39, 0.29) is 23.9 Å². The average Bonchev–Trinajstić information content (AvgIpc) is 2.85. The highest BCUT2D eigenvalue weighted by molar-refractivity contribution is 6.39. The molecule has 0 N–H and O–H groups in total. The number of piperidine rings is 1. The van der Waals surface area contributed by atoms with E-state index in [1.807, 2.05) is 9.80 Å². The normalized spacial score (nSPS) is 23.2. The van der Waals surface area contributed by atoms with Crippen molar-refractivity contribution in [2.24, 2.45) is 5.92 Å². The monoisotopic (exact) mass is 369 g/mol. The van der Waals surface area contributed by atoms with Gasteiger partial charge in [0.25, 0.3) is 5.91 Å². The quantitative estimate of drug-likeness (QED) is 0.762. The molecule has 5 nitrogen and oxygen atoms in total. The van der Waals surface area contributed by atoms with Gasteiger partial charge in [0.15, 0.2) is 0 Å². The molecule has 7 heteroatoms. The van der Waals surface area contributed by atoms with Gasteiger partial charge < -0.3 is 14.7 Å². The molecule has 1 aromatic rings. The largest absolute Gasteiger partial charge is 0.333 e. The summed E-state index contributed by atoms with van der Waals surface area (Å²) in [4.78, 5) is 30.7. The van der Waals surface area contributed by atoms with Crippen LogP contribution in [0.4, 0.5) is 4.79 Å². The predicted molar refractivity (Wildman–Crippen MR) is 94.7 cm³/mol. The summed E-state index contributed by atoms with van der Waals surface area (Å²) in [6.07, 6.45) is 1.93. The number of hydrogen-bond acceptors (Lipinski definition) is 2. The van der Waals surface area contributed by atoms with E-state index < -0.39 is 0 Å². The van der Waals surface area contributed by atoms with Gasteiger partial charge >= 0.3 is 6.03 Å². The second-order valence-electron chi connectivity index (χ2n) is 6.73. The van der Waals surface area contributed by atoms with Gasteiger partial charge in [0.05, 0.1) is 15.6 Å². The van der Waals surface area contributed by atoms with Gasteiger partial charge in [0.1, 0.15) is 0 Å². The first-order valence-electron chi connectivity index (χ1n) is 8.09. The third-order valence-electron chi connectivity index (χ3n) is 4.80. The van der Waals surface area contributed by atoms with Crippen molar-refractivity contribution in [3.8, 4) is 0 Å². The van der Waals surface area contributed by atoms with Crippen LogP contribution < -0.4 is 0 Å². The molecule has 0 unspecified atom stereocenters. The van der Waals surface area contributed by atoms with E-state index in [2.05, 4.69) is 0 Å². The van der Waals surface area contributed by atoms with Crippen molar-refractivity contribution in [1.82, 2.24) is 14.7 Å². The van der Waals surface area contributed by atoms with E-state index in [9.17, 15) is 9.59 Å². The van der Waals surface area contributed by atoms with Crippen molar-refractivity contribution in [2.75, 3.05) is 33.7 Å². The number of urea groups is 1. The number of nitrogens with zero attached hydrogens (tertiary/aromatic N) is 3. The van der Waals surface area contributed by atoms with Crippen molar-refractivity contribution >= 4 is 35.1 Å². The van der Waals surface area contributed by atoms with Gasteiger partial charge in [0.2, 0.25) is 0 Å². The molecule has 0 spiro atoms. The smallest absolute Gasteiger partial charge is 0.319 e. The van der Waals surface area contributed by atoms with E-state index in [1.54, 1.807) is 37.2 Å². The number of benzene rings is 1. The van der Waals surface area contributed by atoms with Gasteiger partial charge in [0, 0.05) is 39.8 Å². The highest BCUT2D eigenvalue weighted by Gasteiger charge is 2.39. The molecule has 24 heavy (non-hydrogen) atoms. The van der Waals surface area contributed by atoms with Crippen LogP contribution in [-0.4, -0.2) is 66.4 Å². The lowest BCUT2D eigenvalue weighted by Gasteiger charge is -2.36. The van der Waals surface area contributed by atoms with Crippen molar-refractivity contribution in [3.05, 3.63) is 33.8 Å². The molecule has 3 heterocycles. The fraction of sp³-hybridized carbons (Fsp3) is 0.529. The molecule has 0 aromatic heterocycles. The van der Waals surface area contributed by atoms with Gasteiger partial charge in [-0.05, 0) is 30.9 Å². The SMILES string of the molecule is CN(C)C(=O)N1C[C@H]2CC[C@@H](C1)N(C(=O)c1c(Cl)cccc1Cl)C2.